The molecule has 3 rings (SSSR count). The number of hydrogen-bond donors (Lipinski definition) is 2. The zero-order valence-corrected chi connectivity index (χ0v) is 15.5. The third kappa shape index (κ3) is 4.34. The number of amides is 1. The molecular weight excluding hydrogens is 340 g/mol. The van der Waals surface area contributed by atoms with E-state index in [1.807, 2.05) is 36.4 Å². The highest BCUT2D eigenvalue weighted by molar-refractivity contribution is 5.86. The van der Waals surface area contributed by atoms with Gasteiger partial charge in [0.25, 0.3) is 0 Å². The van der Waals surface area contributed by atoms with Gasteiger partial charge in [-0.1, -0.05) is 38.1 Å². The number of aryl methyl sites for hydroxylation is 1. The predicted molar refractivity (Wildman–Crippen MR) is 106 cm³/mol. The van der Waals surface area contributed by atoms with Crippen LogP contribution in [-0.4, -0.2) is 32.6 Å². The van der Waals surface area contributed by atoms with E-state index < -0.39 is 0 Å². The van der Waals surface area contributed by atoms with Crippen LogP contribution in [0.4, 0.5) is 0 Å². The minimum atomic E-state index is -0.225. The fourth-order valence-electron chi connectivity index (χ4n) is 2.97. The Bertz CT molecular complexity index is 929. The third-order valence-electron chi connectivity index (χ3n) is 4.43. The van der Waals surface area contributed by atoms with Crippen LogP contribution in [0.3, 0.4) is 0 Å². The Kier molecular flexibility index (Phi) is 5.86. The molecule has 2 aromatic carbocycles. The Hall–Kier alpha value is -3.15. The van der Waals surface area contributed by atoms with Crippen LogP contribution in [-0.2, 0) is 17.6 Å². The van der Waals surface area contributed by atoms with Gasteiger partial charge in [-0.25, -0.2) is 0 Å². The van der Waals surface area contributed by atoms with Crippen molar-refractivity contribution in [2.24, 2.45) is 0 Å². The highest BCUT2D eigenvalue weighted by Gasteiger charge is 2.14. The second kappa shape index (κ2) is 8.49. The summed E-state index contributed by atoms with van der Waals surface area (Å²) in [5.74, 6) is -0.0831. The maximum Gasteiger partial charge on any atom is 0.243 e. The lowest BCUT2D eigenvalue weighted by Gasteiger charge is -2.13. The molecule has 1 amide bonds. The highest BCUT2D eigenvalue weighted by Crippen LogP contribution is 2.29. The van der Waals surface area contributed by atoms with Gasteiger partial charge in [0.1, 0.15) is 22.5 Å². The molecule has 0 fully saturated rings. The van der Waals surface area contributed by atoms with Crippen molar-refractivity contribution in [2.75, 3.05) is 6.54 Å². The normalized spacial score (nSPS) is 10.9. The van der Waals surface area contributed by atoms with Crippen LogP contribution in [0.1, 0.15) is 30.9 Å². The molecule has 0 spiro atoms. The topological polar surface area (TPSA) is 80.0 Å². The van der Waals surface area contributed by atoms with Crippen molar-refractivity contribution in [3.05, 3.63) is 60.2 Å². The molecular formula is C21H24N4O2. The van der Waals surface area contributed by atoms with Crippen molar-refractivity contribution in [1.82, 2.24) is 20.3 Å². The summed E-state index contributed by atoms with van der Waals surface area (Å²) in [6, 6.07) is 11.5. The molecule has 0 radical (unpaired) electrons. The molecule has 27 heavy (non-hydrogen) atoms. The first-order valence-electron chi connectivity index (χ1n) is 9.20. The van der Waals surface area contributed by atoms with Crippen LogP contribution >= 0.6 is 0 Å². The quantitative estimate of drug-likeness (QED) is 0.601. The van der Waals surface area contributed by atoms with E-state index >= 15 is 0 Å². The van der Waals surface area contributed by atoms with E-state index in [9.17, 15) is 9.90 Å². The third-order valence-corrected chi connectivity index (χ3v) is 4.43. The maximum atomic E-state index is 11.4. The van der Waals surface area contributed by atoms with Crippen molar-refractivity contribution >= 4 is 16.9 Å². The van der Waals surface area contributed by atoms with Crippen LogP contribution in [0.25, 0.3) is 16.7 Å². The van der Waals surface area contributed by atoms with Gasteiger partial charge in [0.05, 0.1) is 0 Å². The van der Waals surface area contributed by atoms with Gasteiger partial charge in [0.15, 0.2) is 0 Å². The number of benzene rings is 2. The van der Waals surface area contributed by atoms with Crippen molar-refractivity contribution in [3.8, 4) is 11.4 Å². The minimum Gasteiger partial charge on any atom is -0.505 e. The summed E-state index contributed by atoms with van der Waals surface area (Å²) in [5.41, 5.74) is 4.00. The lowest BCUT2D eigenvalue weighted by molar-refractivity contribution is -0.116. The van der Waals surface area contributed by atoms with Gasteiger partial charge in [0.2, 0.25) is 5.91 Å². The minimum absolute atomic E-state index is 0.142. The van der Waals surface area contributed by atoms with Gasteiger partial charge in [-0.2, -0.15) is 0 Å². The number of phenols is 1. The lowest BCUT2D eigenvalue weighted by atomic mass is 10.0. The molecule has 0 unspecified atom stereocenters. The zero-order chi connectivity index (χ0) is 19.2. The first-order chi connectivity index (χ1) is 13.1. The average molecular weight is 364 g/mol. The number of nitrogens with one attached hydrogen (secondary N) is 1. The Morgan fingerprint density at radius 1 is 1.22 bits per heavy atom. The smallest absolute Gasteiger partial charge is 0.243 e. The first-order valence-corrected chi connectivity index (χ1v) is 9.20. The molecule has 0 saturated heterocycles. The van der Waals surface area contributed by atoms with E-state index in [-0.39, 0.29) is 11.7 Å². The van der Waals surface area contributed by atoms with Crippen LogP contribution in [0, 0.1) is 0 Å². The molecule has 0 aliphatic rings. The lowest BCUT2D eigenvalue weighted by Crippen LogP contribution is -2.23. The van der Waals surface area contributed by atoms with E-state index in [4.69, 9.17) is 0 Å². The Morgan fingerprint density at radius 2 is 1.93 bits per heavy atom. The summed E-state index contributed by atoms with van der Waals surface area (Å²) in [7, 11) is 0. The number of carbonyl (C=O) groups excluding carboxylic acids is 1. The molecule has 6 nitrogen and oxygen atoms in total. The number of hydrogen-bond acceptors (Lipinski definition) is 4. The molecule has 2 N–H and O–H groups in total. The van der Waals surface area contributed by atoms with Crippen LogP contribution < -0.4 is 5.32 Å². The summed E-state index contributed by atoms with van der Waals surface area (Å²) in [5, 5.41) is 22.5. The summed E-state index contributed by atoms with van der Waals surface area (Å²) in [4.78, 5) is 12.9. The SMILES string of the molecule is C=CC(=O)NCCc1cc(CCCC)cc(-n2nc3ccccc3n2)c1O. The molecule has 6 heteroatoms. The van der Waals surface area contributed by atoms with E-state index in [0.29, 0.717) is 18.7 Å². The fourth-order valence-corrected chi connectivity index (χ4v) is 2.97. The Balaban J connectivity index is 1.96. The molecule has 0 aliphatic heterocycles. The van der Waals surface area contributed by atoms with Gasteiger partial charge in [-0.3, -0.25) is 4.79 Å². The largest absolute Gasteiger partial charge is 0.505 e. The van der Waals surface area contributed by atoms with Crippen molar-refractivity contribution < 1.29 is 9.90 Å². The van der Waals surface area contributed by atoms with E-state index in [2.05, 4.69) is 29.0 Å². The van der Waals surface area contributed by atoms with E-state index in [1.165, 1.54) is 10.9 Å². The first kappa shape index (κ1) is 18.6. The summed E-state index contributed by atoms with van der Waals surface area (Å²) < 4.78 is 0. The van der Waals surface area contributed by atoms with E-state index in [1.54, 1.807) is 0 Å². The molecule has 1 aromatic heterocycles. The van der Waals surface area contributed by atoms with Gasteiger partial charge in [0, 0.05) is 6.54 Å². The molecule has 3 aromatic rings. The van der Waals surface area contributed by atoms with Gasteiger partial charge in [-0.15, -0.1) is 15.0 Å². The van der Waals surface area contributed by atoms with Gasteiger partial charge >= 0.3 is 0 Å². The number of nitrogens with zero attached hydrogens (tertiary/aromatic N) is 3. The van der Waals surface area contributed by atoms with Crippen LogP contribution in [0.5, 0.6) is 5.75 Å². The summed E-state index contributed by atoms with van der Waals surface area (Å²) in [6.07, 6.45) is 4.81. The molecule has 0 bridgehead atoms. The molecule has 140 valence electrons. The maximum absolute atomic E-state index is 11.4. The zero-order valence-electron chi connectivity index (χ0n) is 15.5. The predicted octanol–water partition coefficient (Wildman–Crippen LogP) is 3.31. The number of phenolic OH excluding ortho intramolecular Hbond substituents is 1. The number of rotatable bonds is 8. The number of fused-ring (bicyclic) bond motifs is 1. The van der Waals surface area contributed by atoms with Crippen molar-refractivity contribution in [3.63, 3.8) is 0 Å². The van der Waals surface area contributed by atoms with E-state index in [0.717, 1.165) is 41.4 Å². The molecule has 1 heterocycles. The second-order valence-electron chi connectivity index (χ2n) is 6.45. The van der Waals surface area contributed by atoms with Crippen molar-refractivity contribution in [2.45, 2.75) is 32.6 Å². The Morgan fingerprint density at radius 3 is 2.56 bits per heavy atom. The summed E-state index contributed by atoms with van der Waals surface area (Å²) >= 11 is 0. The molecule has 0 saturated carbocycles. The van der Waals surface area contributed by atoms with Crippen LogP contribution in [0.2, 0.25) is 0 Å². The second-order valence-corrected chi connectivity index (χ2v) is 6.45. The molecule has 0 aliphatic carbocycles. The number of unbranched alkanes of at least 4 members (excludes halogenated alkanes) is 1. The monoisotopic (exact) mass is 364 g/mol. The standard InChI is InChI=1S/C21H24N4O2/c1-3-5-8-15-13-16(11-12-22-20(26)4-2)21(27)19(14-15)25-23-17-9-6-7-10-18(17)24-25/h4,6-7,9-10,13-14,27H,2-3,5,8,11-12H2,1H3,(H,22,26). The van der Waals surface area contributed by atoms with Crippen molar-refractivity contribution in [1.29, 1.82) is 0 Å². The number of aromatic nitrogens is 3. The van der Waals surface area contributed by atoms with Crippen LogP contribution in [0.15, 0.2) is 49.1 Å². The fraction of sp³-hybridized carbons (Fsp3) is 0.286. The highest BCUT2D eigenvalue weighted by atomic mass is 16.3. The van der Waals surface area contributed by atoms with Gasteiger partial charge in [-0.05, 0) is 54.7 Å². The van der Waals surface area contributed by atoms with Gasteiger partial charge < -0.3 is 10.4 Å². The summed E-state index contributed by atoms with van der Waals surface area (Å²) in [6.45, 7) is 6.01. The number of carbonyl (C=O) groups is 1. The average Bonchev–Trinajstić information content (AvgIpc) is 3.11. The Labute approximate surface area is 158 Å². The molecule has 0 atom stereocenters. The number of aromatic hydroxyl groups is 1.